The molecule has 0 bridgehead atoms. The molecule has 0 N–H and O–H groups in total. The fourth-order valence-electron chi connectivity index (χ4n) is 7.82. The van der Waals surface area contributed by atoms with Crippen molar-refractivity contribution in [2.75, 3.05) is 0 Å². The topological polar surface area (TPSA) is 25.8 Å². The second-order valence-electron chi connectivity index (χ2n) is 12.5. The van der Waals surface area contributed by atoms with Crippen LogP contribution in [0.3, 0.4) is 0 Å². The van der Waals surface area contributed by atoms with Crippen LogP contribution in [0, 0.1) is 0 Å². The van der Waals surface area contributed by atoms with Gasteiger partial charge in [0.25, 0.3) is 0 Å². The zero-order valence-electron chi connectivity index (χ0n) is 26.1. The summed E-state index contributed by atoms with van der Waals surface area (Å²) < 4.78 is 0. The zero-order chi connectivity index (χ0) is 31.6. The van der Waals surface area contributed by atoms with E-state index >= 15 is 0 Å². The summed E-state index contributed by atoms with van der Waals surface area (Å²) in [4.78, 5) is 9.34. The molecule has 0 atom stereocenters. The smallest absolute Gasteiger partial charge is 0.160 e. The van der Waals surface area contributed by atoms with Gasteiger partial charge in [0, 0.05) is 18.0 Å². The van der Waals surface area contributed by atoms with Crippen molar-refractivity contribution >= 4 is 53.9 Å². The molecule has 0 saturated carbocycles. The van der Waals surface area contributed by atoms with Crippen LogP contribution in [-0.2, 0) is 0 Å². The van der Waals surface area contributed by atoms with E-state index in [9.17, 15) is 0 Å². The van der Waals surface area contributed by atoms with Crippen LogP contribution in [-0.4, -0.2) is 9.97 Å². The molecular weight excluding hydrogens is 581 g/mol. The van der Waals surface area contributed by atoms with Gasteiger partial charge in [0.2, 0.25) is 0 Å². The Bertz CT molecular complexity index is 2760. The maximum Gasteiger partial charge on any atom is 0.160 e. The van der Waals surface area contributed by atoms with Gasteiger partial charge in [-0.3, -0.25) is 0 Å². The molecule has 10 aromatic rings. The van der Waals surface area contributed by atoms with Gasteiger partial charge in [-0.15, -0.1) is 0 Å². The minimum absolute atomic E-state index is 0.744. The maximum absolute atomic E-state index is 4.67. The Morgan fingerprint density at radius 3 is 1.48 bits per heavy atom. The number of fused-ring (bicyclic) bond motifs is 2. The van der Waals surface area contributed by atoms with Crippen LogP contribution in [0.1, 0.15) is 0 Å². The lowest BCUT2D eigenvalue weighted by atomic mass is 9.87. The van der Waals surface area contributed by atoms with Crippen LogP contribution in [0.25, 0.3) is 98.6 Å². The summed E-state index contributed by atoms with van der Waals surface area (Å²) in [6.07, 6.45) is 3.64. The van der Waals surface area contributed by atoms with Gasteiger partial charge in [0.1, 0.15) is 0 Å². The molecule has 0 aliphatic heterocycles. The van der Waals surface area contributed by atoms with E-state index in [-0.39, 0.29) is 0 Å². The van der Waals surface area contributed by atoms with E-state index in [1.54, 1.807) is 0 Å². The lowest BCUT2D eigenvalue weighted by Gasteiger charge is -2.17. The van der Waals surface area contributed by atoms with E-state index in [0.29, 0.717) is 0 Å². The van der Waals surface area contributed by atoms with Gasteiger partial charge in [-0.1, -0.05) is 140 Å². The molecule has 0 unspecified atom stereocenters. The highest BCUT2D eigenvalue weighted by Gasteiger charge is 2.18. The Kier molecular flexibility index (Phi) is 5.91. The molecule has 2 nitrogen and oxygen atoms in total. The van der Waals surface area contributed by atoms with E-state index in [0.717, 1.165) is 22.2 Å². The Labute approximate surface area is 277 Å². The predicted molar refractivity (Wildman–Crippen MR) is 202 cm³/mol. The quantitative estimate of drug-likeness (QED) is 0.147. The molecule has 0 spiro atoms. The Hall–Kier alpha value is -6.38. The Morgan fingerprint density at radius 2 is 0.812 bits per heavy atom. The first-order valence-electron chi connectivity index (χ1n) is 16.4. The third kappa shape index (κ3) is 4.06. The first kappa shape index (κ1) is 26.8. The molecule has 0 aliphatic carbocycles. The molecule has 0 aliphatic rings. The number of benzene rings is 9. The zero-order valence-corrected chi connectivity index (χ0v) is 26.1. The second kappa shape index (κ2) is 10.6. The number of aromatic nitrogens is 2. The summed E-state index contributed by atoms with van der Waals surface area (Å²) in [5, 5.41) is 12.5. The molecular formula is C46H28N2. The van der Waals surface area contributed by atoms with Crippen molar-refractivity contribution in [3.63, 3.8) is 0 Å². The van der Waals surface area contributed by atoms with Crippen LogP contribution in [0.2, 0.25) is 0 Å². The average Bonchev–Trinajstić information content (AvgIpc) is 3.16. The lowest BCUT2D eigenvalue weighted by molar-refractivity contribution is 1.18. The minimum atomic E-state index is 0.744. The van der Waals surface area contributed by atoms with E-state index in [1.165, 1.54) is 76.5 Å². The number of hydrogen-bond acceptors (Lipinski definition) is 2. The van der Waals surface area contributed by atoms with Gasteiger partial charge in [-0.05, 0) is 105 Å². The fraction of sp³-hybridized carbons (Fsp3) is 0. The van der Waals surface area contributed by atoms with Gasteiger partial charge in [-0.25, -0.2) is 9.97 Å². The summed E-state index contributed by atoms with van der Waals surface area (Å²) >= 11 is 0. The van der Waals surface area contributed by atoms with Gasteiger partial charge in [0.15, 0.2) is 5.82 Å². The molecule has 9 aromatic carbocycles. The summed E-state index contributed by atoms with van der Waals surface area (Å²) in [6, 6.07) is 57.4. The highest BCUT2D eigenvalue weighted by molar-refractivity contribution is 6.25. The highest BCUT2D eigenvalue weighted by atomic mass is 14.9. The summed E-state index contributed by atoms with van der Waals surface area (Å²) in [7, 11) is 0. The predicted octanol–water partition coefficient (Wildman–Crippen LogP) is 12.3. The van der Waals surface area contributed by atoms with Crippen molar-refractivity contribution in [2.24, 2.45) is 0 Å². The Morgan fingerprint density at radius 1 is 0.312 bits per heavy atom. The molecule has 0 radical (unpaired) electrons. The molecule has 222 valence electrons. The number of hydrogen-bond donors (Lipinski definition) is 0. The van der Waals surface area contributed by atoms with Crippen molar-refractivity contribution < 1.29 is 0 Å². The summed E-state index contributed by atoms with van der Waals surface area (Å²) in [5.74, 6) is 0.744. The van der Waals surface area contributed by atoms with E-state index in [2.05, 4.69) is 162 Å². The van der Waals surface area contributed by atoms with Crippen LogP contribution in [0.4, 0.5) is 0 Å². The maximum atomic E-state index is 4.67. The molecule has 0 saturated heterocycles. The van der Waals surface area contributed by atoms with E-state index in [4.69, 9.17) is 0 Å². The molecule has 1 aromatic heterocycles. The average molecular weight is 609 g/mol. The van der Waals surface area contributed by atoms with E-state index in [1.807, 2.05) is 18.5 Å². The van der Waals surface area contributed by atoms with Crippen LogP contribution < -0.4 is 0 Å². The van der Waals surface area contributed by atoms with Crippen molar-refractivity contribution in [3.05, 3.63) is 170 Å². The standard InChI is InChI=1S/C46H28N2/c1-3-17-39-37(15-1)43(38-16-2-4-18-40(38)45(39)46-47-25-8-26-48-46)35-14-7-12-33(28-35)32-11-6-13-34(27-32)36-23-21-31-20-19-29-9-5-10-30-22-24-41(36)44(31)42(29)30/h1-28H. The minimum Gasteiger partial charge on any atom is -0.237 e. The van der Waals surface area contributed by atoms with Crippen LogP contribution in [0.15, 0.2) is 170 Å². The van der Waals surface area contributed by atoms with Gasteiger partial charge < -0.3 is 0 Å². The molecule has 10 rings (SSSR count). The third-order valence-electron chi connectivity index (χ3n) is 9.91. The third-order valence-corrected chi connectivity index (χ3v) is 9.91. The molecule has 0 amide bonds. The first-order valence-corrected chi connectivity index (χ1v) is 16.4. The van der Waals surface area contributed by atoms with Crippen LogP contribution >= 0.6 is 0 Å². The van der Waals surface area contributed by atoms with Crippen molar-refractivity contribution in [1.82, 2.24) is 9.97 Å². The normalized spacial score (nSPS) is 11.8. The highest BCUT2D eigenvalue weighted by Crippen LogP contribution is 2.44. The molecule has 0 fully saturated rings. The second-order valence-corrected chi connectivity index (χ2v) is 12.5. The van der Waals surface area contributed by atoms with Crippen molar-refractivity contribution in [1.29, 1.82) is 0 Å². The monoisotopic (exact) mass is 608 g/mol. The van der Waals surface area contributed by atoms with Crippen molar-refractivity contribution in [2.45, 2.75) is 0 Å². The SMILES string of the molecule is c1cnc(-c2c3ccccc3c(-c3cccc(-c4cccc(-c5ccc6ccc7cccc8ccc5c6c78)c4)c3)c3ccccc23)nc1. The molecule has 2 heteroatoms. The van der Waals surface area contributed by atoms with E-state index < -0.39 is 0 Å². The molecule has 48 heavy (non-hydrogen) atoms. The first-order chi connectivity index (χ1) is 23.8. The lowest BCUT2D eigenvalue weighted by Crippen LogP contribution is -1.94. The Balaban J connectivity index is 1.15. The largest absolute Gasteiger partial charge is 0.237 e. The van der Waals surface area contributed by atoms with Gasteiger partial charge >= 0.3 is 0 Å². The summed E-state index contributed by atoms with van der Waals surface area (Å²) in [6.45, 7) is 0. The fourth-order valence-corrected chi connectivity index (χ4v) is 7.82. The molecule has 1 heterocycles. The van der Waals surface area contributed by atoms with Crippen molar-refractivity contribution in [3.8, 4) is 44.8 Å². The van der Waals surface area contributed by atoms with Gasteiger partial charge in [-0.2, -0.15) is 0 Å². The summed E-state index contributed by atoms with van der Waals surface area (Å²) in [5.41, 5.74) is 8.36. The van der Waals surface area contributed by atoms with Crippen LogP contribution in [0.5, 0.6) is 0 Å². The number of nitrogens with zero attached hydrogens (tertiary/aromatic N) is 2. The van der Waals surface area contributed by atoms with Gasteiger partial charge in [0.05, 0.1) is 0 Å². The number of rotatable bonds is 4.